The lowest BCUT2D eigenvalue weighted by Crippen LogP contribution is -2.66. The third-order valence-corrected chi connectivity index (χ3v) is 5.68. The van der Waals surface area contributed by atoms with Gasteiger partial charge in [-0.15, -0.1) is 6.58 Å². The molecule has 2 N–H and O–H groups in total. The Balaban J connectivity index is 2.54. The fraction of sp³-hybridized carbons (Fsp3) is 0.750. The highest BCUT2D eigenvalue weighted by atomic mass is 16.8. The molecule has 10 atom stereocenters. The summed E-state index contributed by atoms with van der Waals surface area (Å²) in [6.45, 7) is 6.88. The fourth-order valence-corrected chi connectivity index (χ4v) is 4.20. The van der Waals surface area contributed by atoms with Crippen molar-refractivity contribution in [2.45, 2.75) is 89.1 Å². The Kier molecular flexibility index (Phi) is 12.7. The van der Waals surface area contributed by atoms with Crippen molar-refractivity contribution in [3.05, 3.63) is 12.7 Å². The van der Waals surface area contributed by atoms with Gasteiger partial charge in [0.2, 0.25) is 0 Å². The Morgan fingerprint density at radius 1 is 0.795 bits per heavy atom. The monoisotopic (exact) mass is 564 g/mol. The molecule has 0 aromatic rings. The normalized spacial score (nSPS) is 34.4. The maximum absolute atomic E-state index is 12.1. The van der Waals surface area contributed by atoms with Crippen LogP contribution < -0.4 is 0 Å². The number of carbonyl (C=O) groups excluding carboxylic acids is 4. The second-order valence-corrected chi connectivity index (χ2v) is 8.71. The van der Waals surface area contributed by atoms with Crippen molar-refractivity contribution < 1.29 is 72.0 Å². The molecule has 0 spiro atoms. The number of methoxy groups -OCH3 is 1. The van der Waals surface area contributed by atoms with Crippen LogP contribution in [0.5, 0.6) is 0 Å². The molecule has 15 nitrogen and oxygen atoms in total. The number of hydrogen-bond donors (Lipinski definition) is 2. The molecule has 0 radical (unpaired) electrons. The van der Waals surface area contributed by atoms with E-state index in [4.69, 9.17) is 42.6 Å². The second kappa shape index (κ2) is 15.2. The van der Waals surface area contributed by atoms with Gasteiger partial charge in [0.25, 0.3) is 0 Å². The van der Waals surface area contributed by atoms with E-state index in [9.17, 15) is 29.4 Å². The van der Waals surface area contributed by atoms with Crippen LogP contribution in [0.4, 0.5) is 0 Å². The lowest BCUT2D eigenvalue weighted by atomic mass is 9.96. The first-order chi connectivity index (χ1) is 18.4. The first-order valence-corrected chi connectivity index (χ1v) is 12.1. The van der Waals surface area contributed by atoms with E-state index in [-0.39, 0.29) is 6.61 Å². The van der Waals surface area contributed by atoms with Crippen molar-refractivity contribution in [2.24, 2.45) is 0 Å². The summed E-state index contributed by atoms with van der Waals surface area (Å²) in [5.41, 5.74) is 0. The molecule has 15 heteroatoms. The summed E-state index contributed by atoms with van der Waals surface area (Å²) in [4.78, 5) is 47.5. The van der Waals surface area contributed by atoms with Crippen molar-refractivity contribution in [1.82, 2.24) is 0 Å². The smallest absolute Gasteiger partial charge is 0.303 e. The Bertz CT molecular complexity index is 862. The van der Waals surface area contributed by atoms with Gasteiger partial charge in [-0.25, -0.2) is 0 Å². The molecular weight excluding hydrogens is 528 g/mol. The van der Waals surface area contributed by atoms with E-state index in [2.05, 4.69) is 6.58 Å². The Morgan fingerprint density at radius 3 is 1.87 bits per heavy atom. The molecule has 2 aliphatic heterocycles. The van der Waals surface area contributed by atoms with Gasteiger partial charge in [-0.1, -0.05) is 6.08 Å². The molecule has 6 unspecified atom stereocenters. The SMILES string of the molecule is C=CCOC1C(O[C@@H]2OC(COC(C)=O)[C@H](OC(C)=O)C(OC(C)=O)C2OC(C)=O)[C@@H](O)C(CO)O[C@H]1OC. The molecule has 2 saturated heterocycles. The molecule has 0 saturated carbocycles. The van der Waals surface area contributed by atoms with Gasteiger partial charge >= 0.3 is 23.9 Å². The van der Waals surface area contributed by atoms with Crippen LogP contribution in [0.25, 0.3) is 0 Å². The first-order valence-electron chi connectivity index (χ1n) is 12.1. The number of aliphatic hydroxyl groups is 2. The van der Waals surface area contributed by atoms with Crippen LogP contribution in [-0.4, -0.2) is 122 Å². The minimum atomic E-state index is -1.60. The third-order valence-electron chi connectivity index (χ3n) is 5.68. The third kappa shape index (κ3) is 8.93. The topological polar surface area (TPSA) is 192 Å². The highest BCUT2D eigenvalue weighted by molar-refractivity contribution is 5.68. The van der Waals surface area contributed by atoms with E-state index >= 15 is 0 Å². The average molecular weight is 565 g/mol. The largest absolute Gasteiger partial charge is 0.463 e. The lowest BCUT2D eigenvalue weighted by Gasteiger charge is -2.48. The van der Waals surface area contributed by atoms with E-state index in [0.29, 0.717) is 0 Å². The quantitative estimate of drug-likeness (QED) is 0.162. The summed E-state index contributed by atoms with van der Waals surface area (Å²) in [6.07, 6.45) is -12.1. The predicted octanol–water partition coefficient (Wildman–Crippen LogP) is -1.25. The summed E-state index contributed by atoms with van der Waals surface area (Å²) in [5, 5.41) is 20.7. The Hall–Kier alpha value is -2.66. The lowest BCUT2D eigenvalue weighted by molar-refractivity contribution is -0.362. The highest BCUT2D eigenvalue weighted by Gasteiger charge is 2.56. The predicted molar refractivity (Wildman–Crippen MR) is 126 cm³/mol. The molecule has 39 heavy (non-hydrogen) atoms. The van der Waals surface area contributed by atoms with Crippen molar-refractivity contribution in [2.75, 3.05) is 26.9 Å². The second-order valence-electron chi connectivity index (χ2n) is 8.71. The average Bonchev–Trinajstić information content (AvgIpc) is 2.85. The standard InChI is InChI=1S/C24H36O15/c1-7-8-32-21-19(17(30)15(9-25)37-23(21)31-6)39-24-22(36-14(5)29)20(35-13(4)28)18(34-12(3)27)16(38-24)10-33-11(2)26/h7,15-25,30H,1,8-10H2,2-6H3/t15?,16?,17-,18-,19?,20?,21?,22?,23+,24-/m0/s1. The van der Waals surface area contributed by atoms with Gasteiger partial charge in [0.05, 0.1) is 13.2 Å². The first kappa shape index (κ1) is 32.6. The Labute approximate surface area is 225 Å². The molecule has 0 amide bonds. The van der Waals surface area contributed by atoms with E-state index in [1.807, 2.05) is 0 Å². The van der Waals surface area contributed by atoms with Gasteiger partial charge in [0.15, 0.2) is 30.9 Å². The summed E-state index contributed by atoms with van der Waals surface area (Å²) in [5.74, 6) is -3.13. The number of aliphatic hydroxyl groups excluding tert-OH is 2. The molecule has 0 aromatic heterocycles. The highest BCUT2D eigenvalue weighted by Crippen LogP contribution is 2.34. The van der Waals surface area contributed by atoms with Gasteiger partial charge in [-0.05, 0) is 0 Å². The van der Waals surface area contributed by atoms with Gasteiger partial charge in [0.1, 0.15) is 37.1 Å². The van der Waals surface area contributed by atoms with Crippen LogP contribution >= 0.6 is 0 Å². The van der Waals surface area contributed by atoms with Crippen molar-refractivity contribution in [1.29, 1.82) is 0 Å². The summed E-state index contributed by atoms with van der Waals surface area (Å²) >= 11 is 0. The number of rotatable bonds is 12. The molecule has 0 bridgehead atoms. The molecule has 222 valence electrons. The summed E-state index contributed by atoms with van der Waals surface area (Å²) < 4.78 is 49.8. The summed E-state index contributed by atoms with van der Waals surface area (Å²) in [7, 11) is 1.31. The molecule has 2 aliphatic rings. The van der Waals surface area contributed by atoms with Crippen molar-refractivity contribution in [3.8, 4) is 0 Å². The number of esters is 4. The van der Waals surface area contributed by atoms with E-state index in [0.717, 1.165) is 27.7 Å². The molecule has 2 rings (SSSR count). The van der Waals surface area contributed by atoms with Crippen LogP contribution in [0.15, 0.2) is 12.7 Å². The molecule has 0 aromatic carbocycles. The summed E-state index contributed by atoms with van der Waals surface area (Å²) in [6, 6.07) is 0. The van der Waals surface area contributed by atoms with Crippen LogP contribution in [-0.2, 0) is 61.8 Å². The number of carbonyl (C=O) groups is 4. The maximum Gasteiger partial charge on any atom is 0.303 e. The van der Waals surface area contributed by atoms with Crippen LogP contribution in [0.1, 0.15) is 27.7 Å². The van der Waals surface area contributed by atoms with E-state index in [1.165, 1.54) is 13.2 Å². The van der Waals surface area contributed by atoms with Gasteiger partial charge in [-0.2, -0.15) is 0 Å². The van der Waals surface area contributed by atoms with Crippen LogP contribution in [0.3, 0.4) is 0 Å². The van der Waals surface area contributed by atoms with Gasteiger partial charge in [-0.3, -0.25) is 19.2 Å². The van der Waals surface area contributed by atoms with E-state index in [1.54, 1.807) is 0 Å². The van der Waals surface area contributed by atoms with E-state index < -0.39 is 98.5 Å². The van der Waals surface area contributed by atoms with Crippen LogP contribution in [0.2, 0.25) is 0 Å². The van der Waals surface area contributed by atoms with Gasteiger partial charge < -0.3 is 52.8 Å². The minimum absolute atomic E-state index is 0.0111. The zero-order valence-corrected chi connectivity index (χ0v) is 22.4. The molecule has 2 heterocycles. The molecular formula is C24H36O15. The number of ether oxygens (including phenoxy) is 9. The number of hydrogen-bond acceptors (Lipinski definition) is 15. The minimum Gasteiger partial charge on any atom is -0.463 e. The van der Waals surface area contributed by atoms with Crippen molar-refractivity contribution >= 4 is 23.9 Å². The molecule has 0 aliphatic carbocycles. The Morgan fingerprint density at radius 2 is 1.36 bits per heavy atom. The maximum atomic E-state index is 12.1. The zero-order valence-electron chi connectivity index (χ0n) is 22.4. The fourth-order valence-electron chi connectivity index (χ4n) is 4.20. The van der Waals surface area contributed by atoms with Crippen LogP contribution in [0, 0.1) is 0 Å². The van der Waals surface area contributed by atoms with Gasteiger partial charge in [0, 0.05) is 34.8 Å². The molecule has 2 fully saturated rings. The zero-order chi connectivity index (χ0) is 29.3. The van der Waals surface area contributed by atoms with Crippen molar-refractivity contribution in [3.63, 3.8) is 0 Å².